The zero-order chi connectivity index (χ0) is 15.2. The molecule has 0 radical (unpaired) electrons. The zero-order valence-electron chi connectivity index (χ0n) is 13.3. The highest BCUT2D eigenvalue weighted by atomic mass is 32.1. The van der Waals surface area contributed by atoms with E-state index in [1.54, 1.807) is 23.2 Å². The maximum Gasteiger partial charge on any atom is 0.225 e. The van der Waals surface area contributed by atoms with Gasteiger partial charge in [0.25, 0.3) is 0 Å². The molecule has 1 atom stereocenters. The second-order valence-electron chi connectivity index (χ2n) is 5.50. The molecule has 1 saturated heterocycles. The van der Waals surface area contributed by atoms with Gasteiger partial charge in [-0.1, -0.05) is 6.92 Å². The molecule has 1 amide bonds. The van der Waals surface area contributed by atoms with Gasteiger partial charge in [-0.3, -0.25) is 9.69 Å². The number of hydrogen-bond donors (Lipinski definition) is 1. The summed E-state index contributed by atoms with van der Waals surface area (Å²) in [5.74, 6) is 0.0530. The van der Waals surface area contributed by atoms with Crippen molar-refractivity contribution in [2.24, 2.45) is 0 Å². The Bertz CT molecular complexity index is 462. The third-order valence-electron chi connectivity index (χ3n) is 3.99. The van der Waals surface area contributed by atoms with Crippen LogP contribution in [0.4, 0.5) is 5.13 Å². The smallest absolute Gasteiger partial charge is 0.225 e. The minimum atomic E-state index is 0.0530. The second kappa shape index (κ2) is 7.87. The van der Waals surface area contributed by atoms with Crippen LogP contribution in [0.2, 0.25) is 0 Å². The number of rotatable bonds is 6. The summed E-state index contributed by atoms with van der Waals surface area (Å²) in [7, 11) is 0. The number of nitrogens with one attached hydrogen (secondary N) is 1. The Hall–Kier alpha value is -0.980. The number of carbonyl (C=O) groups is 1. The van der Waals surface area contributed by atoms with Crippen LogP contribution in [0.5, 0.6) is 0 Å². The second-order valence-corrected chi connectivity index (χ2v) is 6.33. The highest BCUT2D eigenvalue weighted by Gasteiger charge is 2.19. The third-order valence-corrected chi connectivity index (χ3v) is 4.90. The first kappa shape index (κ1) is 16.4. The Morgan fingerprint density at radius 3 is 3.05 bits per heavy atom. The topological polar surface area (TPSA) is 48.5 Å². The molecule has 21 heavy (non-hydrogen) atoms. The summed E-state index contributed by atoms with van der Waals surface area (Å²) in [6.07, 6.45) is 2.50. The van der Waals surface area contributed by atoms with E-state index in [9.17, 15) is 4.79 Å². The molecule has 0 bridgehead atoms. The van der Waals surface area contributed by atoms with Crippen molar-refractivity contribution in [1.82, 2.24) is 15.2 Å². The van der Waals surface area contributed by atoms with E-state index in [2.05, 4.69) is 22.1 Å². The Labute approximate surface area is 131 Å². The van der Waals surface area contributed by atoms with Crippen LogP contribution in [0, 0.1) is 0 Å². The van der Waals surface area contributed by atoms with Crippen molar-refractivity contribution in [1.29, 1.82) is 0 Å². The average Bonchev–Trinajstić information content (AvgIpc) is 2.94. The van der Waals surface area contributed by atoms with Crippen LogP contribution < -0.4 is 10.2 Å². The van der Waals surface area contributed by atoms with Gasteiger partial charge in [0.05, 0.1) is 5.69 Å². The van der Waals surface area contributed by atoms with Gasteiger partial charge < -0.3 is 10.2 Å². The number of piperidine rings is 1. The fourth-order valence-corrected chi connectivity index (χ4v) is 3.68. The van der Waals surface area contributed by atoms with Gasteiger partial charge in [-0.05, 0) is 32.9 Å². The Kier molecular flexibility index (Phi) is 6.14. The quantitative estimate of drug-likeness (QED) is 0.874. The minimum Gasteiger partial charge on any atom is -0.307 e. The van der Waals surface area contributed by atoms with Gasteiger partial charge in [0.2, 0.25) is 5.91 Å². The first-order valence-electron chi connectivity index (χ1n) is 7.82. The normalized spacial score (nSPS) is 19.7. The van der Waals surface area contributed by atoms with Gasteiger partial charge in [-0.15, -0.1) is 11.3 Å². The number of carbonyl (C=O) groups excluding carboxylic acids is 1. The van der Waals surface area contributed by atoms with E-state index >= 15 is 0 Å². The summed E-state index contributed by atoms with van der Waals surface area (Å²) in [6, 6.07) is 0.555. The van der Waals surface area contributed by atoms with Crippen molar-refractivity contribution < 1.29 is 4.79 Å². The largest absolute Gasteiger partial charge is 0.307 e. The van der Waals surface area contributed by atoms with E-state index in [0.717, 1.165) is 30.5 Å². The summed E-state index contributed by atoms with van der Waals surface area (Å²) in [5.41, 5.74) is 1.03. The van der Waals surface area contributed by atoms with Gasteiger partial charge in [0.15, 0.2) is 5.13 Å². The zero-order valence-corrected chi connectivity index (χ0v) is 14.1. The molecule has 1 aromatic rings. The van der Waals surface area contributed by atoms with Crippen molar-refractivity contribution in [3.05, 3.63) is 11.1 Å². The summed E-state index contributed by atoms with van der Waals surface area (Å²) in [6.45, 7) is 10.7. The van der Waals surface area contributed by atoms with Gasteiger partial charge >= 0.3 is 0 Å². The van der Waals surface area contributed by atoms with Crippen LogP contribution >= 0.6 is 11.3 Å². The molecule has 1 aliphatic heterocycles. The highest BCUT2D eigenvalue weighted by molar-refractivity contribution is 7.14. The van der Waals surface area contributed by atoms with Crippen molar-refractivity contribution >= 4 is 22.4 Å². The number of aromatic nitrogens is 1. The van der Waals surface area contributed by atoms with E-state index in [1.807, 2.05) is 12.3 Å². The Balaban J connectivity index is 1.86. The van der Waals surface area contributed by atoms with Crippen LogP contribution in [0.3, 0.4) is 0 Å². The summed E-state index contributed by atoms with van der Waals surface area (Å²) in [4.78, 5) is 20.3. The summed E-state index contributed by atoms with van der Waals surface area (Å²) < 4.78 is 0. The van der Waals surface area contributed by atoms with E-state index in [0.29, 0.717) is 12.6 Å². The monoisotopic (exact) mass is 310 g/mol. The molecule has 2 heterocycles. The number of nitrogens with zero attached hydrogens (tertiary/aromatic N) is 3. The first-order chi connectivity index (χ1) is 10.1. The van der Waals surface area contributed by atoms with Crippen LogP contribution in [0.1, 0.15) is 39.3 Å². The molecule has 0 aromatic carbocycles. The molecule has 1 N–H and O–H groups in total. The molecule has 2 rings (SSSR count). The number of amides is 1. The van der Waals surface area contributed by atoms with Crippen LogP contribution in [0.25, 0.3) is 0 Å². The molecule has 5 nitrogen and oxygen atoms in total. The molecule has 1 aliphatic rings. The van der Waals surface area contributed by atoms with Crippen molar-refractivity contribution in [2.45, 2.75) is 46.2 Å². The van der Waals surface area contributed by atoms with Crippen LogP contribution in [0.15, 0.2) is 5.38 Å². The molecule has 6 heteroatoms. The molecule has 1 unspecified atom stereocenters. The standard InChI is InChI=1S/C15H26N4OS/c1-4-18-8-6-7-13(10-18)16-9-14-11-21-15(17-14)19(5-2)12(3)20/h11,13,16H,4-10H2,1-3H3. The van der Waals surface area contributed by atoms with Gasteiger partial charge in [0, 0.05) is 38.0 Å². The van der Waals surface area contributed by atoms with Crippen LogP contribution in [-0.4, -0.2) is 48.0 Å². The summed E-state index contributed by atoms with van der Waals surface area (Å²) >= 11 is 1.55. The third kappa shape index (κ3) is 4.49. The minimum absolute atomic E-state index is 0.0530. The summed E-state index contributed by atoms with van der Waals surface area (Å²) in [5, 5.41) is 6.46. The SMILES string of the molecule is CCN1CCCC(NCc2csc(N(CC)C(C)=O)n2)C1. The number of thiazole rings is 1. The number of hydrogen-bond acceptors (Lipinski definition) is 5. The van der Waals surface area contributed by atoms with Crippen molar-refractivity contribution in [3.8, 4) is 0 Å². The van der Waals surface area contributed by atoms with Crippen LogP contribution in [-0.2, 0) is 11.3 Å². The average molecular weight is 310 g/mol. The molecule has 0 aliphatic carbocycles. The maximum atomic E-state index is 11.5. The number of likely N-dealkylation sites (N-methyl/N-ethyl adjacent to an activating group) is 1. The lowest BCUT2D eigenvalue weighted by molar-refractivity contribution is -0.116. The molecule has 0 saturated carbocycles. The van der Waals surface area contributed by atoms with Gasteiger partial charge in [-0.25, -0.2) is 4.98 Å². The van der Waals surface area contributed by atoms with Gasteiger partial charge in [-0.2, -0.15) is 0 Å². The Morgan fingerprint density at radius 2 is 2.38 bits per heavy atom. The highest BCUT2D eigenvalue weighted by Crippen LogP contribution is 2.21. The number of likely N-dealkylation sites (tertiary alicyclic amines) is 1. The lowest BCUT2D eigenvalue weighted by atomic mass is 10.1. The lowest BCUT2D eigenvalue weighted by Crippen LogP contribution is -2.45. The molecular weight excluding hydrogens is 284 g/mol. The molecule has 0 spiro atoms. The molecular formula is C15H26N4OS. The fourth-order valence-electron chi connectivity index (χ4n) is 2.75. The first-order valence-corrected chi connectivity index (χ1v) is 8.70. The molecule has 1 aromatic heterocycles. The van der Waals surface area contributed by atoms with E-state index < -0.39 is 0 Å². The molecule has 118 valence electrons. The Morgan fingerprint density at radius 1 is 1.57 bits per heavy atom. The predicted molar refractivity (Wildman–Crippen MR) is 87.8 cm³/mol. The molecule has 1 fully saturated rings. The lowest BCUT2D eigenvalue weighted by Gasteiger charge is -2.32. The maximum absolute atomic E-state index is 11.5. The number of anilines is 1. The fraction of sp³-hybridized carbons (Fsp3) is 0.733. The van der Waals surface area contributed by atoms with Gasteiger partial charge in [0.1, 0.15) is 0 Å². The van der Waals surface area contributed by atoms with Crippen molar-refractivity contribution in [2.75, 3.05) is 31.1 Å². The van der Waals surface area contributed by atoms with E-state index in [-0.39, 0.29) is 5.91 Å². The van der Waals surface area contributed by atoms with Crippen molar-refractivity contribution in [3.63, 3.8) is 0 Å². The van der Waals surface area contributed by atoms with E-state index in [4.69, 9.17) is 0 Å². The predicted octanol–water partition coefficient (Wildman–Crippen LogP) is 2.09. The van der Waals surface area contributed by atoms with E-state index in [1.165, 1.54) is 19.4 Å².